The van der Waals surface area contributed by atoms with Gasteiger partial charge in [0.15, 0.2) is 11.5 Å². The molecule has 6 N–H and O–H groups in total. The summed E-state index contributed by atoms with van der Waals surface area (Å²) in [5.74, 6) is -3.75. The normalized spacial score (nSPS) is 10.5. The second-order valence-corrected chi connectivity index (χ2v) is 6.00. The number of carboxylic acid groups (broad SMARTS) is 2. The Bertz CT molecular complexity index is 936. The van der Waals surface area contributed by atoms with E-state index in [0.717, 1.165) is 0 Å². The number of hydrogen-bond donors (Lipinski definition) is 5. The second-order valence-electron chi connectivity index (χ2n) is 4.84. The number of phenolic OH excluding ortho intramolecular Hbond substituents is 1. The van der Waals surface area contributed by atoms with Crippen LogP contribution in [0.1, 0.15) is 27.6 Å². The summed E-state index contributed by atoms with van der Waals surface area (Å²) < 4.78 is 5.56. The van der Waals surface area contributed by atoms with Gasteiger partial charge in [-0.15, -0.1) is 0 Å². The van der Waals surface area contributed by atoms with Gasteiger partial charge < -0.3 is 30.8 Å². The Hall–Kier alpha value is -2.76. The van der Waals surface area contributed by atoms with Crippen LogP contribution in [0.4, 0.5) is 5.82 Å². The zero-order valence-corrected chi connectivity index (χ0v) is 14.9. The Kier molecular flexibility index (Phi) is 5.21. The van der Waals surface area contributed by atoms with Gasteiger partial charge in [-0.25, -0.2) is 9.59 Å². The number of rotatable bonds is 5. The molecule has 1 heterocycles. The molecule has 0 spiro atoms. The van der Waals surface area contributed by atoms with Crippen LogP contribution in [0.5, 0.6) is 11.5 Å². The number of benzene rings is 1. The molecular weight excluding hydrogens is 447 g/mol. The predicted octanol–water partition coefficient (Wildman–Crippen LogP) is 1.73. The number of nitrogen functional groups attached to an aromatic ring is 1. The van der Waals surface area contributed by atoms with Crippen molar-refractivity contribution < 1.29 is 29.6 Å². The Balaban J connectivity index is 2.98. The van der Waals surface area contributed by atoms with Gasteiger partial charge in [0.1, 0.15) is 16.9 Å². The fraction of sp³-hybridized carbons (Fsp3) is 0.133. The summed E-state index contributed by atoms with van der Waals surface area (Å²) in [7, 11) is 0. The fourth-order valence-corrected chi connectivity index (χ4v) is 2.92. The number of pyridine rings is 1. The summed E-state index contributed by atoms with van der Waals surface area (Å²) >= 11 is 1.78. The van der Waals surface area contributed by atoms with Crippen molar-refractivity contribution in [1.29, 1.82) is 0 Å². The third-order valence-corrected chi connectivity index (χ3v) is 4.11. The number of ether oxygens (including phenoxy) is 1. The maximum atomic E-state index is 12.0. The third kappa shape index (κ3) is 3.38. The zero-order valence-electron chi connectivity index (χ0n) is 12.8. The van der Waals surface area contributed by atoms with E-state index in [1.165, 1.54) is 12.1 Å². The summed E-state index contributed by atoms with van der Waals surface area (Å²) in [6, 6.07) is 2.60. The SMILES string of the molecule is CCOc1cc(-c2c(C(=O)O)c(N)[nH]c(=O)c2C(=O)O)cc(I)c1O. The van der Waals surface area contributed by atoms with Crippen LogP contribution in [0, 0.1) is 3.57 Å². The summed E-state index contributed by atoms with van der Waals surface area (Å²) in [5.41, 5.74) is 2.93. The Labute approximate surface area is 154 Å². The molecule has 1 aromatic heterocycles. The van der Waals surface area contributed by atoms with Crippen molar-refractivity contribution in [1.82, 2.24) is 4.98 Å². The van der Waals surface area contributed by atoms with Gasteiger partial charge in [0.05, 0.1) is 10.2 Å². The number of carbonyl (C=O) groups is 2. The molecule has 0 radical (unpaired) electrons. The largest absolute Gasteiger partial charge is 0.504 e. The van der Waals surface area contributed by atoms with Crippen LogP contribution in [0.25, 0.3) is 11.1 Å². The van der Waals surface area contributed by atoms with E-state index in [-0.39, 0.29) is 32.8 Å². The van der Waals surface area contributed by atoms with E-state index in [1.54, 1.807) is 29.5 Å². The van der Waals surface area contributed by atoms with Crippen molar-refractivity contribution in [2.24, 2.45) is 0 Å². The average molecular weight is 460 g/mol. The van der Waals surface area contributed by atoms with Crippen molar-refractivity contribution >= 4 is 40.3 Å². The second kappa shape index (κ2) is 7.01. The molecule has 2 rings (SSSR count). The molecule has 0 unspecified atom stereocenters. The van der Waals surface area contributed by atoms with Crippen LogP contribution in [-0.2, 0) is 0 Å². The molecule has 0 aliphatic heterocycles. The highest BCUT2D eigenvalue weighted by molar-refractivity contribution is 14.1. The monoisotopic (exact) mass is 460 g/mol. The van der Waals surface area contributed by atoms with Crippen molar-refractivity contribution in [3.8, 4) is 22.6 Å². The van der Waals surface area contributed by atoms with Gasteiger partial charge in [-0.05, 0) is 47.2 Å². The lowest BCUT2D eigenvalue weighted by Crippen LogP contribution is -2.24. The molecular formula is C15H13IN2O7. The highest BCUT2D eigenvalue weighted by Crippen LogP contribution is 2.38. The van der Waals surface area contributed by atoms with Crippen molar-refractivity contribution in [2.75, 3.05) is 12.3 Å². The molecule has 9 nitrogen and oxygen atoms in total. The number of halogens is 1. The fourth-order valence-electron chi connectivity index (χ4n) is 2.32. The van der Waals surface area contributed by atoms with Crippen LogP contribution < -0.4 is 16.0 Å². The molecule has 0 amide bonds. The number of aromatic nitrogens is 1. The number of anilines is 1. The molecule has 10 heteroatoms. The first-order valence-electron chi connectivity index (χ1n) is 6.87. The number of aromatic hydroxyl groups is 1. The molecule has 0 saturated heterocycles. The van der Waals surface area contributed by atoms with Crippen LogP contribution in [0.2, 0.25) is 0 Å². The molecule has 25 heavy (non-hydrogen) atoms. The minimum atomic E-state index is -1.61. The minimum absolute atomic E-state index is 0.0240. The molecule has 0 aliphatic rings. The van der Waals surface area contributed by atoms with E-state index in [0.29, 0.717) is 0 Å². The number of aromatic amines is 1. The first kappa shape index (κ1) is 18.6. The summed E-state index contributed by atoms with van der Waals surface area (Å²) in [5, 5.41) is 28.8. The van der Waals surface area contributed by atoms with Gasteiger partial charge in [-0.1, -0.05) is 0 Å². The molecule has 0 atom stereocenters. The van der Waals surface area contributed by atoms with Gasteiger partial charge in [-0.2, -0.15) is 0 Å². The van der Waals surface area contributed by atoms with E-state index in [9.17, 15) is 29.7 Å². The number of nitrogens with two attached hydrogens (primary N) is 1. The topological polar surface area (TPSA) is 163 Å². The number of nitrogens with one attached hydrogen (secondary N) is 1. The third-order valence-electron chi connectivity index (χ3n) is 3.29. The lowest BCUT2D eigenvalue weighted by atomic mass is 9.95. The Morgan fingerprint density at radius 2 is 1.84 bits per heavy atom. The maximum absolute atomic E-state index is 12.0. The van der Waals surface area contributed by atoms with Crippen molar-refractivity contribution in [3.05, 3.63) is 37.2 Å². The molecule has 132 valence electrons. The van der Waals surface area contributed by atoms with Gasteiger partial charge in [0.25, 0.3) is 5.56 Å². The van der Waals surface area contributed by atoms with E-state index in [1.807, 2.05) is 4.98 Å². The smallest absolute Gasteiger partial charge is 0.342 e. The van der Waals surface area contributed by atoms with E-state index in [2.05, 4.69) is 0 Å². The Morgan fingerprint density at radius 1 is 1.24 bits per heavy atom. The van der Waals surface area contributed by atoms with Crippen LogP contribution >= 0.6 is 22.6 Å². The van der Waals surface area contributed by atoms with Gasteiger partial charge in [0, 0.05) is 5.56 Å². The first-order chi connectivity index (χ1) is 11.7. The highest BCUT2D eigenvalue weighted by Gasteiger charge is 2.27. The number of H-pyrrole nitrogens is 1. The molecule has 0 saturated carbocycles. The van der Waals surface area contributed by atoms with Crippen molar-refractivity contribution in [3.63, 3.8) is 0 Å². The molecule has 1 aromatic carbocycles. The minimum Gasteiger partial charge on any atom is -0.504 e. The maximum Gasteiger partial charge on any atom is 0.342 e. The van der Waals surface area contributed by atoms with Gasteiger partial charge in [0.2, 0.25) is 0 Å². The summed E-state index contributed by atoms with van der Waals surface area (Å²) in [6.45, 7) is 1.89. The van der Waals surface area contributed by atoms with Gasteiger partial charge >= 0.3 is 11.9 Å². The van der Waals surface area contributed by atoms with E-state index < -0.39 is 34.4 Å². The van der Waals surface area contributed by atoms with E-state index in [4.69, 9.17) is 10.5 Å². The van der Waals surface area contributed by atoms with E-state index >= 15 is 0 Å². The highest BCUT2D eigenvalue weighted by atomic mass is 127. The summed E-state index contributed by atoms with van der Waals surface area (Å²) in [6.07, 6.45) is 0. The van der Waals surface area contributed by atoms with Crippen LogP contribution in [0.3, 0.4) is 0 Å². The molecule has 0 fully saturated rings. The van der Waals surface area contributed by atoms with Crippen LogP contribution in [-0.4, -0.2) is 38.8 Å². The van der Waals surface area contributed by atoms with Crippen molar-refractivity contribution in [2.45, 2.75) is 6.92 Å². The first-order valence-corrected chi connectivity index (χ1v) is 7.94. The lowest BCUT2D eigenvalue weighted by molar-refractivity contribution is 0.0695. The Morgan fingerprint density at radius 3 is 2.36 bits per heavy atom. The molecule has 2 aromatic rings. The number of carboxylic acids is 2. The number of aromatic carboxylic acids is 2. The van der Waals surface area contributed by atoms with Gasteiger partial charge in [-0.3, -0.25) is 4.79 Å². The molecule has 0 aliphatic carbocycles. The zero-order chi connectivity index (χ0) is 18.9. The number of phenols is 1. The summed E-state index contributed by atoms with van der Waals surface area (Å²) in [4.78, 5) is 37.2. The number of hydrogen-bond acceptors (Lipinski definition) is 6. The lowest BCUT2D eigenvalue weighted by Gasteiger charge is -2.15. The average Bonchev–Trinajstić information content (AvgIpc) is 2.50. The predicted molar refractivity (Wildman–Crippen MR) is 96.4 cm³/mol. The van der Waals surface area contributed by atoms with Crippen LogP contribution in [0.15, 0.2) is 16.9 Å². The molecule has 0 bridgehead atoms. The quantitative estimate of drug-likeness (QED) is 0.422. The standard InChI is InChI=1S/C15H13IN2O7/c1-2-25-7-4-5(3-6(16)11(7)19)8-9(14(21)22)12(17)18-13(20)10(8)15(23)24/h3-4,19H,2H2,1H3,(H,21,22)(H,23,24)(H3,17,18,20).